The fourth-order valence-corrected chi connectivity index (χ4v) is 3.27. The number of aromatic nitrogens is 2. The fraction of sp³-hybridized carbons (Fsp3) is 0.769. The molecule has 1 aliphatic carbocycles. The number of hydrogen-bond donors (Lipinski definition) is 1. The maximum Gasteiger partial charge on any atom is 0.210 e. The Kier molecular flexibility index (Phi) is 5.04. The Bertz CT molecular complexity index is 520. The highest BCUT2D eigenvalue weighted by Crippen LogP contribution is 2.27. The number of aryl methyl sites for hydroxylation is 1. The second-order valence-electron chi connectivity index (χ2n) is 5.41. The molecule has 1 aliphatic rings. The lowest BCUT2D eigenvalue weighted by molar-refractivity contribution is 0.418. The minimum Gasteiger partial charge on any atom is -0.365 e. The molecule has 0 saturated heterocycles. The topological polar surface area (TPSA) is 81.2 Å². The van der Waals surface area contributed by atoms with Crippen molar-refractivity contribution >= 4 is 15.7 Å². The summed E-state index contributed by atoms with van der Waals surface area (Å²) in [5.74, 6) is -0.0131. The third-order valence-corrected chi connectivity index (χ3v) is 4.66. The first-order valence-corrected chi connectivity index (χ1v) is 9.00. The van der Waals surface area contributed by atoms with Crippen molar-refractivity contribution in [3.63, 3.8) is 0 Å². The molecule has 1 heterocycles. The molecule has 0 aromatic carbocycles. The van der Waals surface area contributed by atoms with Gasteiger partial charge < -0.3 is 4.90 Å². The van der Waals surface area contributed by atoms with Gasteiger partial charge in [0, 0.05) is 25.3 Å². The van der Waals surface area contributed by atoms with Gasteiger partial charge in [0.25, 0.3) is 0 Å². The molecule has 0 unspecified atom stereocenters. The number of nitrogens with two attached hydrogens (primary N) is 1. The maximum absolute atomic E-state index is 11.2. The van der Waals surface area contributed by atoms with Crippen molar-refractivity contribution in [3.05, 3.63) is 12.4 Å². The van der Waals surface area contributed by atoms with Gasteiger partial charge in [-0.2, -0.15) is 5.10 Å². The Morgan fingerprint density at radius 2 is 2.10 bits per heavy atom. The minimum atomic E-state index is -3.43. The summed E-state index contributed by atoms with van der Waals surface area (Å²) in [5, 5.41) is 9.44. The van der Waals surface area contributed by atoms with Crippen molar-refractivity contribution in [2.45, 2.75) is 51.6 Å². The molecule has 0 spiro atoms. The van der Waals surface area contributed by atoms with E-state index in [1.807, 2.05) is 24.0 Å². The van der Waals surface area contributed by atoms with Crippen LogP contribution >= 0.6 is 0 Å². The smallest absolute Gasteiger partial charge is 0.210 e. The van der Waals surface area contributed by atoms with Gasteiger partial charge in [-0.1, -0.05) is 19.3 Å². The fourth-order valence-electron chi connectivity index (χ4n) is 2.81. The lowest BCUT2D eigenvalue weighted by Gasteiger charge is -2.35. The molecule has 0 bridgehead atoms. The van der Waals surface area contributed by atoms with Crippen LogP contribution in [-0.2, 0) is 16.6 Å². The van der Waals surface area contributed by atoms with Crippen LogP contribution in [0.4, 0.5) is 5.69 Å². The molecular formula is C13H24N4O2S. The minimum absolute atomic E-state index is 0.0131. The molecule has 0 amide bonds. The molecule has 0 atom stereocenters. The SMILES string of the molecule is CCn1cc(N(CCS(N)(=O)=O)C2CCCCC2)cn1. The van der Waals surface area contributed by atoms with Gasteiger partial charge in [0.05, 0.1) is 17.6 Å². The molecule has 0 radical (unpaired) electrons. The summed E-state index contributed by atoms with van der Waals surface area (Å²) in [6.07, 6.45) is 9.72. The van der Waals surface area contributed by atoms with Crippen LogP contribution in [0.5, 0.6) is 0 Å². The summed E-state index contributed by atoms with van der Waals surface area (Å²) in [4.78, 5) is 2.17. The Labute approximate surface area is 121 Å². The van der Waals surface area contributed by atoms with Gasteiger partial charge in [-0.3, -0.25) is 4.68 Å². The van der Waals surface area contributed by atoms with E-state index in [1.165, 1.54) is 19.3 Å². The molecule has 7 heteroatoms. The van der Waals surface area contributed by atoms with Gasteiger partial charge in [0.1, 0.15) is 0 Å². The molecule has 2 rings (SSSR count). The summed E-state index contributed by atoms with van der Waals surface area (Å²) in [6, 6.07) is 0.403. The molecule has 6 nitrogen and oxygen atoms in total. The number of hydrogen-bond acceptors (Lipinski definition) is 4. The Morgan fingerprint density at radius 3 is 2.65 bits per heavy atom. The normalized spacial score (nSPS) is 17.3. The van der Waals surface area contributed by atoms with Crippen molar-refractivity contribution in [1.82, 2.24) is 9.78 Å². The van der Waals surface area contributed by atoms with Gasteiger partial charge in [0.15, 0.2) is 0 Å². The third kappa shape index (κ3) is 4.21. The van der Waals surface area contributed by atoms with Crippen LogP contribution in [0.1, 0.15) is 39.0 Å². The number of rotatable bonds is 6. The van der Waals surface area contributed by atoms with Crippen LogP contribution in [0.15, 0.2) is 12.4 Å². The number of anilines is 1. The molecule has 114 valence electrons. The van der Waals surface area contributed by atoms with E-state index in [1.54, 1.807) is 0 Å². The summed E-state index contributed by atoms with van der Waals surface area (Å²) >= 11 is 0. The molecular weight excluding hydrogens is 276 g/mol. The van der Waals surface area contributed by atoms with Crippen molar-refractivity contribution in [3.8, 4) is 0 Å². The first kappa shape index (κ1) is 15.3. The van der Waals surface area contributed by atoms with Crippen LogP contribution in [0.3, 0.4) is 0 Å². The predicted molar refractivity (Wildman–Crippen MR) is 80.1 cm³/mol. The van der Waals surface area contributed by atoms with Gasteiger partial charge in [0.2, 0.25) is 10.0 Å². The maximum atomic E-state index is 11.2. The van der Waals surface area contributed by atoms with Crippen molar-refractivity contribution in [2.75, 3.05) is 17.2 Å². The standard InChI is InChI=1S/C13H24N4O2S/c1-2-16-11-13(10-15-16)17(8-9-20(14,18)19)12-6-4-3-5-7-12/h10-12H,2-9H2,1H3,(H2,14,18,19). The number of primary sulfonamides is 1. The van der Waals surface area contributed by atoms with E-state index in [0.29, 0.717) is 12.6 Å². The quantitative estimate of drug-likeness (QED) is 0.859. The number of nitrogens with zero attached hydrogens (tertiary/aromatic N) is 3. The highest BCUT2D eigenvalue weighted by molar-refractivity contribution is 7.89. The Hall–Kier alpha value is -1.08. The van der Waals surface area contributed by atoms with Gasteiger partial charge in [-0.25, -0.2) is 13.6 Å². The predicted octanol–water partition coefficient (Wildman–Crippen LogP) is 1.33. The van der Waals surface area contributed by atoms with Gasteiger partial charge in [-0.15, -0.1) is 0 Å². The average molecular weight is 300 g/mol. The first-order chi connectivity index (χ1) is 9.49. The second kappa shape index (κ2) is 6.58. The zero-order valence-electron chi connectivity index (χ0n) is 12.0. The number of sulfonamides is 1. The first-order valence-electron chi connectivity index (χ1n) is 7.29. The van der Waals surface area contributed by atoms with E-state index in [0.717, 1.165) is 25.1 Å². The molecule has 20 heavy (non-hydrogen) atoms. The van der Waals surface area contributed by atoms with Crippen LogP contribution in [-0.4, -0.2) is 36.5 Å². The zero-order chi connectivity index (χ0) is 14.6. The van der Waals surface area contributed by atoms with E-state index in [2.05, 4.69) is 10.00 Å². The van der Waals surface area contributed by atoms with Crippen molar-refractivity contribution < 1.29 is 8.42 Å². The van der Waals surface area contributed by atoms with E-state index in [-0.39, 0.29) is 5.75 Å². The summed E-state index contributed by atoms with van der Waals surface area (Å²) in [7, 11) is -3.43. The molecule has 1 aromatic heterocycles. The van der Waals surface area contributed by atoms with Gasteiger partial charge >= 0.3 is 0 Å². The second-order valence-corrected chi connectivity index (χ2v) is 7.14. The van der Waals surface area contributed by atoms with Crippen LogP contribution < -0.4 is 10.0 Å². The van der Waals surface area contributed by atoms with E-state index in [9.17, 15) is 8.42 Å². The van der Waals surface area contributed by atoms with Crippen molar-refractivity contribution in [1.29, 1.82) is 0 Å². The van der Waals surface area contributed by atoms with E-state index >= 15 is 0 Å². The van der Waals surface area contributed by atoms with E-state index < -0.39 is 10.0 Å². The van der Waals surface area contributed by atoms with Crippen molar-refractivity contribution in [2.24, 2.45) is 5.14 Å². The molecule has 1 aromatic rings. The lowest BCUT2D eigenvalue weighted by Crippen LogP contribution is -2.40. The molecule has 0 aliphatic heterocycles. The van der Waals surface area contributed by atoms with E-state index in [4.69, 9.17) is 5.14 Å². The summed E-state index contributed by atoms with van der Waals surface area (Å²) in [5.41, 5.74) is 1.00. The van der Waals surface area contributed by atoms with Crippen LogP contribution in [0, 0.1) is 0 Å². The molecule has 1 fully saturated rings. The summed E-state index contributed by atoms with van der Waals surface area (Å²) < 4.78 is 24.3. The highest BCUT2D eigenvalue weighted by atomic mass is 32.2. The van der Waals surface area contributed by atoms with Gasteiger partial charge in [-0.05, 0) is 19.8 Å². The highest BCUT2D eigenvalue weighted by Gasteiger charge is 2.23. The molecule has 2 N–H and O–H groups in total. The Morgan fingerprint density at radius 1 is 1.40 bits per heavy atom. The zero-order valence-corrected chi connectivity index (χ0v) is 12.8. The third-order valence-electron chi connectivity index (χ3n) is 3.91. The summed E-state index contributed by atoms with van der Waals surface area (Å²) in [6.45, 7) is 3.29. The molecule has 1 saturated carbocycles. The van der Waals surface area contributed by atoms with Crippen LogP contribution in [0.2, 0.25) is 0 Å². The lowest BCUT2D eigenvalue weighted by atomic mass is 9.94. The average Bonchev–Trinajstić information content (AvgIpc) is 2.88. The Balaban J connectivity index is 2.13. The largest absolute Gasteiger partial charge is 0.365 e. The monoisotopic (exact) mass is 300 g/mol. The van der Waals surface area contributed by atoms with Crippen LogP contribution in [0.25, 0.3) is 0 Å².